The Balaban J connectivity index is 1.83. The number of fused-ring (bicyclic) bond motifs is 2. The predicted molar refractivity (Wildman–Crippen MR) is 162 cm³/mol. The average molecular weight is 701 g/mol. The van der Waals surface area contributed by atoms with Crippen LogP contribution in [0.15, 0.2) is 52.0 Å². The number of anilines is 3. The first-order valence-corrected chi connectivity index (χ1v) is 14.6. The highest BCUT2D eigenvalue weighted by molar-refractivity contribution is 9.12. The van der Waals surface area contributed by atoms with Crippen molar-refractivity contribution in [3.05, 3.63) is 57.6 Å². The number of phenolic OH excluding ortho intramolecular Hbond substituents is 3. The average Bonchev–Trinajstić information content (AvgIpc) is 2.94. The molecule has 0 bridgehead atoms. The molecule has 9 heteroatoms. The molecular weight excluding hydrogens is 668 g/mol. The largest absolute Gasteiger partial charge is 0.507 e. The third kappa shape index (κ3) is 6.92. The first kappa shape index (κ1) is 29.6. The van der Waals surface area contributed by atoms with Crippen molar-refractivity contribution in [1.29, 1.82) is 0 Å². The van der Waals surface area contributed by atoms with Crippen LogP contribution >= 0.6 is 47.8 Å². The summed E-state index contributed by atoms with van der Waals surface area (Å²) in [4.78, 5) is 15.3. The predicted octanol–water partition coefficient (Wildman–Crippen LogP) is 8.66. The van der Waals surface area contributed by atoms with E-state index in [4.69, 9.17) is 0 Å². The molecule has 2 aromatic carbocycles. The fourth-order valence-electron chi connectivity index (χ4n) is 4.17. The summed E-state index contributed by atoms with van der Waals surface area (Å²) in [5.74, 6) is -0.914. The maximum Gasteiger partial charge on any atom is 0.260 e. The summed E-state index contributed by atoms with van der Waals surface area (Å²) < 4.78 is 0.0566. The van der Waals surface area contributed by atoms with Crippen LogP contribution < -0.4 is 10.2 Å². The van der Waals surface area contributed by atoms with Crippen molar-refractivity contribution in [1.82, 2.24) is 0 Å². The molecule has 2 atom stereocenters. The van der Waals surface area contributed by atoms with Gasteiger partial charge in [0.25, 0.3) is 5.91 Å². The quantitative estimate of drug-likeness (QED) is 0.0910. The van der Waals surface area contributed by atoms with Crippen molar-refractivity contribution in [3.63, 3.8) is 0 Å². The number of nitrogens with one attached hydrogen (secondary N) is 1. The molecule has 3 rings (SSSR count). The third-order valence-electron chi connectivity index (χ3n) is 6.51. The van der Waals surface area contributed by atoms with Gasteiger partial charge < -0.3 is 25.5 Å². The molecule has 0 radical (unpaired) electrons. The number of halogens is 3. The molecule has 0 aliphatic carbocycles. The molecule has 0 spiro atoms. The lowest BCUT2D eigenvalue weighted by atomic mass is 9.96. The van der Waals surface area contributed by atoms with Gasteiger partial charge in [0.2, 0.25) is 0 Å². The van der Waals surface area contributed by atoms with Gasteiger partial charge in [0.1, 0.15) is 21.7 Å². The minimum Gasteiger partial charge on any atom is -0.507 e. The lowest BCUT2D eigenvalue weighted by Crippen LogP contribution is -2.30. The molecule has 0 saturated heterocycles. The zero-order valence-electron chi connectivity index (χ0n) is 21.4. The monoisotopic (exact) mass is 698 g/mol. The molecule has 0 saturated carbocycles. The molecule has 2 unspecified atom stereocenters. The number of benzene rings is 2. The standard InChI is InChI=1S/C28H33Br3N2O4/c1-16(2)7-6-13-28(4,31)22(29)11-10-17(3)12-14-33-19-15-21(35)23(30)26(36)25(19)32-24-18(27(33)37)8-5-9-20(24)34/h5,7-9,12,15,22,32,34-36H,6,10-11,13-14H2,1-4H3/b17-12+. The first-order valence-electron chi connectivity index (χ1n) is 12.1. The lowest BCUT2D eigenvalue weighted by Gasteiger charge is -2.28. The molecule has 200 valence electrons. The second-order valence-electron chi connectivity index (χ2n) is 9.85. The topological polar surface area (TPSA) is 93.0 Å². The Morgan fingerprint density at radius 3 is 2.51 bits per heavy atom. The Morgan fingerprint density at radius 2 is 1.84 bits per heavy atom. The Morgan fingerprint density at radius 1 is 1.14 bits per heavy atom. The van der Waals surface area contributed by atoms with E-state index in [9.17, 15) is 20.1 Å². The number of para-hydroxylation sites is 1. The number of carbonyl (C=O) groups excluding carboxylic acids is 1. The van der Waals surface area contributed by atoms with E-state index in [1.54, 1.807) is 12.1 Å². The zero-order chi connectivity index (χ0) is 27.5. The zero-order valence-corrected chi connectivity index (χ0v) is 26.2. The maximum absolute atomic E-state index is 13.6. The molecule has 6 nitrogen and oxygen atoms in total. The van der Waals surface area contributed by atoms with Crippen molar-refractivity contribution in [2.45, 2.75) is 62.5 Å². The van der Waals surface area contributed by atoms with E-state index < -0.39 is 0 Å². The molecular formula is C28H33Br3N2O4. The smallest absolute Gasteiger partial charge is 0.260 e. The summed E-state index contributed by atoms with van der Waals surface area (Å²) in [6.45, 7) is 8.68. The van der Waals surface area contributed by atoms with Gasteiger partial charge in [0, 0.05) is 21.8 Å². The summed E-state index contributed by atoms with van der Waals surface area (Å²) in [7, 11) is 0. The van der Waals surface area contributed by atoms with Gasteiger partial charge in [-0.1, -0.05) is 61.2 Å². The van der Waals surface area contributed by atoms with Crippen molar-refractivity contribution >= 4 is 70.8 Å². The van der Waals surface area contributed by atoms with Crippen LogP contribution in [0.1, 0.15) is 63.7 Å². The molecule has 4 N–H and O–H groups in total. The number of hydrogen-bond donors (Lipinski definition) is 4. The van der Waals surface area contributed by atoms with E-state index in [1.807, 2.05) is 13.0 Å². The van der Waals surface area contributed by atoms with Crippen molar-refractivity contribution in [2.24, 2.45) is 0 Å². The molecule has 1 amide bonds. The van der Waals surface area contributed by atoms with E-state index in [1.165, 1.54) is 22.6 Å². The van der Waals surface area contributed by atoms with Crippen molar-refractivity contribution < 1.29 is 20.1 Å². The number of aromatic hydroxyl groups is 3. The van der Waals surface area contributed by atoms with Crippen LogP contribution in [0.25, 0.3) is 0 Å². The van der Waals surface area contributed by atoms with E-state index >= 15 is 0 Å². The molecule has 0 aromatic heterocycles. The van der Waals surface area contributed by atoms with E-state index in [2.05, 4.69) is 80.0 Å². The number of phenols is 3. The van der Waals surface area contributed by atoms with Crippen LogP contribution in [-0.2, 0) is 0 Å². The number of alkyl halides is 2. The summed E-state index contributed by atoms with van der Waals surface area (Å²) in [6, 6.07) is 6.11. The van der Waals surface area contributed by atoms with Gasteiger partial charge in [-0.25, -0.2) is 0 Å². The van der Waals surface area contributed by atoms with E-state index in [0.29, 0.717) is 5.69 Å². The fourth-order valence-corrected chi connectivity index (χ4v) is 5.40. The highest BCUT2D eigenvalue weighted by Gasteiger charge is 2.32. The van der Waals surface area contributed by atoms with E-state index in [-0.39, 0.29) is 60.3 Å². The number of carbonyl (C=O) groups is 1. The molecule has 0 fully saturated rings. The molecule has 37 heavy (non-hydrogen) atoms. The van der Waals surface area contributed by atoms with Crippen LogP contribution in [0.5, 0.6) is 17.2 Å². The van der Waals surface area contributed by atoms with Crippen molar-refractivity contribution in [2.75, 3.05) is 16.8 Å². The number of amides is 1. The van der Waals surface area contributed by atoms with Crippen LogP contribution in [0.2, 0.25) is 0 Å². The highest BCUT2D eigenvalue weighted by atomic mass is 79.9. The Hall–Kier alpha value is -1.97. The van der Waals surface area contributed by atoms with Gasteiger partial charge in [0.05, 0.1) is 16.9 Å². The molecule has 2 aromatic rings. The van der Waals surface area contributed by atoms with Crippen molar-refractivity contribution in [3.8, 4) is 17.2 Å². The summed E-state index contributed by atoms with van der Waals surface area (Å²) >= 11 is 10.9. The van der Waals surface area contributed by atoms with Gasteiger partial charge in [-0.3, -0.25) is 4.79 Å². The lowest BCUT2D eigenvalue weighted by molar-refractivity contribution is 0.0991. The van der Waals surface area contributed by atoms with Crippen LogP contribution in [0.4, 0.5) is 17.1 Å². The maximum atomic E-state index is 13.6. The Labute approximate surface area is 243 Å². The third-order valence-corrected chi connectivity index (χ3v) is 10.3. The van der Waals surface area contributed by atoms with Gasteiger partial charge in [-0.05, 0) is 81.4 Å². The minimum atomic E-state index is -0.354. The molecule has 1 aliphatic heterocycles. The fraction of sp³-hybridized carbons (Fsp3) is 0.393. The minimum absolute atomic E-state index is 0.0429. The number of hydrogen-bond acceptors (Lipinski definition) is 5. The highest BCUT2D eigenvalue weighted by Crippen LogP contribution is 2.50. The first-order chi connectivity index (χ1) is 17.3. The molecule has 1 heterocycles. The number of rotatable bonds is 9. The van der Waals surface area contributed by atoms with Gasteiger partial charge in [-0.2, -0.15) is 0 Å². The molecule has 1 aliphatic rings. The second-order valence-corrected chi connectivity index (χ2v) is 13.6. The van der Waals surface area contributed by atoms with Crippen LogP contribution in [0.3, 0.4) is 0 Å². The van der Waals surface area contributed by atoms with Gasteiger partial charge in [0.15, 0.2) is 5.75 Å². The SMILES string of the molecule is CC(C)=CCCC(C)(Br)C(Br)CC/C(C)=C/CN1C(=O)c2cccc(O)c2Nc2c1cc(O)c(Br)c2O. The summed E-state index contributed by atoms with van der Waals surface area (Å²) in [5.41, 5.74) is 3.44. The number of allylic oxidation sites excluding steroid dienone is 3. The normalized spacial score (nSPS) is 15.7. The number of nitrogens with zero attached hydrogens (tertiary/aromatic N) is 1. The second kappa shape index (κ2) is 12.3. The van der Waals surface area contributed by atoms with Crippen LogP contribution in [-0.4, -0.2) is 36.9 Å². The Kier molecular flexibility index (Phi) is 9.80. The summed E-state index contributed by atoms with van der Waals surface area (Å²) in [6.07, 6.45) is 8.01. The van der Waals surface area contributed by atoms with E-state index in [0.717, 1.165) is 31.3 Å². The van der Waals surface area contributed by atoms with Gasteiger partial charge in [-0.15, -0.1) is 0 Å². The Bertz CT molecular complexity index is 1240. The summed E-state index contributed by atoms with van der Waals surface area (Å²) in [5, 5.41) is 34.5. The van der Waals surface area contributed by atoms with Crippen LogP contribution in [0, 0.1) is 0 Å². The van der Waals surface area contributed by atoms with Gasteiger partial charge >= 0.3 is 0 Å².